The quantitative estimate of drug-likeness (QED) is 0.883. The van der Waals surface area contributed by atoms with Crippen LogP contribution in [0.2, 0.25) is 0 Å². The number of carboxylic acid groups (broad SMARTS) is 1. The van der Waals surface area contributed by atoms with Crippen LogP contribution in [0.25, 0.3) is 10.9 Å². The predicted molar refractivity (Wildman–Crippen MR) is 77.0 cm³/mol. The molecular weight excluding hydrogens is 270 g/mol. The number of para-hydroxylation sites is 1. The molecule has 1 fully saturated rings. The molecule has 0 aliphatic carbocycles. The van der Waals surface area contributed by atoms with Crippen LogP contribution < -0.4 is 0 Å². The van der Waals surface area contributed by atoms with Crippen molar-refractivity contribution in [2.45, 2.75) is 25.8 Å². The highest BCUT2D eigenvalue weighted by Crippen LogP contribution is 2.26. The van der Waals surface area contributed by atoms with Gasteiger partial charge in [-0.1, -0.05) is 25.1 Å². The van der Waals surface area contributed by atoms with Crippen LogP contribution in [0.5, 0.6) is 0 Å². The monoisotopic (exact) mass is 287 g/mol. The van der Waals surface area contributed by atoms with E-state index in [1.807, 2.05) is 31.2 Å². The minimum Gasteiger partial charge on any atom is -0.480 e. The van der Waals surface area contributed by atoms with E-state index in [0.29, 0.717) is 24.6 Å². The zero-order valence-electron chi connectivity index (χ0n) is 11.7. The van der Waals surface area contributed by atoms with Gasteiger partial charge in [0.15, 0.2) is 5.69 Å². The van der Waals surface area contributed by atoms with Gasteiger partial charge < -0.3 is 10.0 Å². The van der Waals surface area contributed by atoms with Crippen molar-refractivity contribution in [1.82, 2.24) is 15.1 Å². The molecule has 1 aromatic heterocycles. The molecule has 3 rings (SSSR count). The van der Waals surface area contributed by atoms with Gasteiger partial charge in [0.1, 0.15) is 6.04 Å². The summed E-state index contributed by atoms with van der Waals surface area (Å²) in [6.45, 7) is 2.47. The van der Waals surface area contributed by atoms with Gasteiger partial charge in [0, 0.05) is 11.9 Å². The number of likely N-dealkylation sites (tertiary alicyclic amines) is 1. The Morgan fingerprint density at radius 1 is 1.38 bits per heavy atom. The molecule has 1 saturated heterocycles. The molecule has 2 heterocycles. The Balaban J connectivity index is 1.95. The second kappa shape index (κ2) is 5.20. The smallest absolute Gasteiger partial charge is 0.326 e. The van der Waals surface area contributed by atoms with E-state index >= 15 is 0 Å². The molecular formula is C15H17N3O3. The van der Waals surface area contributed by atoms with Crippen molar-refractivity contribution < 1.29 is 14.7 Å². The Morgan fingerprint density at radius 3 is 2.90 bits per heavy atom. The molecule has 2 atom stereocenters. The second-order valence-electron chi connectivity index (χ2n) is 5.60. The van der Waals surface area contributed by atoms with Crippen molar-refractivity contribution in [2.24, 2.45) is 5.92 Å². The summed E-state index contributed by atoms with van der Waals surface area (Å²) >= 11 is 0. The van der Waals surface area contributed by atoms with Gasteiger partial charge in [-0.15, -0.1) is 0 Å². The predicted octanol–water partition coefficient (Wildman–Crippen LogP) is 1.89. The van der Waals surface area contributed by atoms with Crippen LogP contribution in [0.15, 0.2) is 24.3 Å². The number of benzene rings is 1. The third-order valence-electron chi connectivity index (χ3n) is 4.08. The first-order valence-electron chi connectivity index (χ1n) is 7.05. The van der Waals surface area contributed by atoms with E-state index in [4.69, 9.17) is 0 Å². The van der Waals surface area contributed by atoms with E-state index in [2.05, 4.69) is 10.2 Å². The molecule has 1 aliphatic rings. The van der Waals surface area contributed by atoms with E-state index < -0.39 is 12.0 Å². The molecule has 0 radical (unpaired) electrons. The lowest BCUT2D eigenvalue weighted by molar-refractivity contribution is -0.144. The average Bonchev–Trinajstić information content (AvgIpc) is 2.90. The number of amides is 1. The molecule has 1 aliphatic heterocycles. The van der Waals surface area contributed by atoms with Crippen LogP contribution in [-0.4, -0.2) is 44.7 Å². The van der Waals surface area contributed by atoms with Gasteiger partial charge in [-0.25, -0.2) is 4.79 Å². The maximum atomic E-state index is 12.7. The van der Waals surface area contributed by atoms with Crippen molar-refractivity contribution in [2.75, 3.05) is 6.54 Å². The summed E-state index contributed by atoms with van der Waals surface area (Å²) in [6, 6.07) is 6.58. The number of rotatable bonds is 2. The fraction of sp³-hybridized carbons (Fsp3) is 0.400. The number of hydrogen-bond donors (Lipinski definition) is 2. The standard InChI is InChI=1S/C15H17N3O3/c1-9-6-7-18(12(8-9)15(20)21)14(19)13-10-4-2-3-5-11(10)16-17-13/h2-5,9,12H,6-8H2,1H3,(H,16,17)(H,20,21). The molecule has 6 heteroatoms. The van der Waals surface area contributed by atoms with Crippen molar-refractivity contribution in [3.63, 3.8) is 0 Å². The fourth-order valence-corrected chi connectivity index (χ4v) is 2.88. The van der Waals surface area contributed by atoms with Crippen molar-refractivity contribution in [3.8, 4) is 0 Å². The van der Waals surface area contributed by atoms with E-state index in [1.165, 1.54) is 4.90 Å². The second-order valence-corrected chi connectivity index (χ2v) is 5.60. The maximum absolute atomic E-state index is 12.7. The minimum atomic E-state index is -0.949. The minimum absolute atomic E-state index is 0.298. The topological polar surface area (TPSA) is 86.3 Å². The van der Waals surface area contributed by atoms with E-state index in [9.17, 15) is 14.7 Å². The molecule has 2 aromatic rings. The van der Waals surface area contributed by atoms with Gasteiger partial charge in [0.2, 0.25) is 0 Å². The summed E-state index contributed by atoms with van der Waals surface area (Å²) in [6.07, 6.45) is 1.31. The summed E-state index contributed by atoms with van der Waals surface area (Å²) < 4.78 is 0. The summed E-state index contributed by atoms with van der Waals surface area (Å²) in [5.41, 5.74) is 1.07. The SMILES string of the molecule is CC1CCN(C(=O)c2n[nH]c3ccccc23)C(C(=O)O)C1. The summed E-state index contributed by atoms with van der Waals surface area (Å²) in [4.78, 5) is 25.5. The van der Waals surface area contributed by atoms with Crippen LogP contribution in [0.3, 0.4) is 0 Å². The summed E-state index contributed by atoms with van der Waals surface area (Å²) in [5, 5.41) is 17.0. The molecule has 1 amide bonds. The van der Waals surface area contributed by atoms with Gasteiger partial charge >= 0.3 is 5.97 Å². The lowest BCUT2D eigenvalue weighted by atomic mass is 9.92. The summed E-state index contributed by atoms with van der Waals surface area (Å²) in [7, 11) is 0. The molecule has 0 saturated carbocycles. The highest BCUT2D eigenvalue weighted by Gasteiger charge is 2.36. The largest absolute Gasteiger partial charge is 0.480 e. The van der Waals surface area contributed by atoms with Gasteiger partial charge in [0.05, 0.1) is 5.52 Å². The number of fused-ring (bicyclic) bond motifs is 1. The number of aromatic amines is 1. The third-order valence-corrected chi connectivity index (χ3v) is 4.08. The normalized spacial score (nSPS) is 22.4. The van der Waals surface area contributed by atoms with E-state index in [1.54, 1.807) is 0 Å². The average molecular weight is 287 g/mol. The molecule has 0 bridgehead atoms. The van der Waals surface area contributed by atoms with Crippen molar-refractivity contribution in [1.29, 1.82) is 0 Å². The highest BCUT2D eigenvalue weighted by atomic mass is 16.4. The lowest BCUT2D eigenvalue weighted by Crippen LogP contribution is -2.49. The number of nitrogens with zero attached hydrogens (tertiary/aromatic N) is 2. The Morgan fingerprint density at radius 2 is 2.14 bits per heavy atom. The number of carbonyl (C=O) groups excluding carboxylic acids is 1. The van der Waals surface area contributed by atoms with Crippen LogP contribution in [-0.2, 0) is 4.79 Å². The fourth-order valence-electron chi connectivity index (χ4n) is 2.88. The number of nitrogens with one attached hydrogen (secondary N) is 1. The van der Waals surface area contributed by atoms with Gasteiger partial charge in [-0.2, -0.15) is 5.10 Å². The Kier molecular flexibility index (Phi) is 3.37. The number of piperidine rings is 1. The first kappa shape index (κ1) is 13.6. The lowest BCUT2D eigenvalue weighted by Gasteiger charge is -2.35. The highest BCUT2D eigenvalue weighted by molar-refractivity contribution is 6.05. The molecule has 2 unspecified atom stereocenters. The molecule has 6 nitrogen and oxygen atoms in total. The number of aliphatic carboxylic acids is 1. The molecule has 21 heavy (non-hydrogen) atoms. The Labute approximate surface area is 121 Å². The van der Waals surface area contributed by atoms with E-state index in [-0.39, 0.29) is 5.91 Å². The zero-order valence-corrected chi connectivity index (χ0v) is 11.7. The van der Waals surface area contributed by atoms with Crippen LogP contribution in [0.4, 0.5) is 0 Å². The molecule has 110 valence electrons. The number of hydrogen-bond acceptors (Lipinski definition) is 3. The number of carbonyl (C=O) groups is 2. The maximum Gasteiger partial charge on any atom is 0.326 e. The van der Waals surface area contributed by atoms with Crippen LogP contribution in [0, 0.1) is 5.92 Å². The van der Waals surface area contributed by atoms with E-state index in [0.717, 1.165) is 17.3 Å². The first-order chi connectivity index (χ1) is 10.1. The van der Waals surface area contributed by atoms with Crippen molar-refractivity contribution >= 4 is 22.8 Å². The van der Waals surface area contributed by atoms with Crippen LogP contribution >= 0.6 is 0 Å². The first-order valence-corrected chi connectivity index (χ1v) is 7.05. The van der Waals surface area contributed by atoms with Gasteiger partial charge in [0.25, 0.3) is 5.91 Å². The molecule has 2 N–H and O–H groups in total. The number of aromatic nitrogens is 2. The summed E-state index contributed by atoms with van der Waals surface area (Å²) in [5.74, 6) is -0.951. The third kappa shape index (κ3) is 2.37. The van der Waals surface area contributed by atoms with Gasteiger partial charge in [-0.3, -0.25) is 9.89 Å². The number of carboxylic acids is 1. The Hall–Kier alpha value is -2.37. The Bertz CT molecular complexity index is 694. The van der Waals surface area contributed by atoms with Crippen LogP contribution in [0.1, 0.15) is 30.3 Å². The van der Waals surface area contributed by atoms with Gasteiger partial charge in [-0.05, 0) is 24.8 Å². The number of H-pyrrole nitrogens is 1. The molecule has 0 spiro atoms. The zero-order chi connectivity index (χ0) is 15.0. The van der Waals surface area contributed by atoms with Crippen molar-refractivity contribution in [3.05, 3.63) is 30.0 Å². The molecule has 1 aromatic carbocycles.